The van der Waals surface area contributed by atoms with E-state index in [4.69, 9.17) is 10.6 Å². The molecule has 0 aliphatic heterocycles. The molecule has 0 bridgehead atoms. The summed E-state index contributed by atoms with van der Waals surface area (Å²) in [7, 11) is 1.81. The number of nitrogens with two attached hydrogens (primary N) is 1. The van der Waals surface area contributed by atoms with Gasteiger partial charge in [0.05, 0.1) is 22.3 Å². The Kier molecular flexibility index (Phi) is 4.95. The second-order valence-electron chi connectivity index (χ2n) is 5.50. The summed E-state index contributed by atoms with van der Waals surface area (Å²) < 4.78 is 5.88. The van der Waals surface area contributed by atoms with Crippen LogP contribution in [-0.4, -0.2) is 23.7 Å². The highest BCUT2D eigenvalue weighted by Gasteiger charge is 2.40. The van der Waals surface area contributed by atoms with Crippen molar-refractivity contribution in [1.29, 1.82) is 0 Å². The second kappa shape index (κ2) is 6.31. The fourth-order valence-corrected chi connectivity index (χ4v) is 4.02. The molecule has 108 valence electrons. The zero-order valence-corrected chi connectivity index (χ0v) is 13.0. The summed E-state index contributed by atoms with van der Waals surface area (Å²) in [4.78, 5) is 5.92. The molecule has 0 radical (unpaired) electrons. The van der Waals surface area contributed by atoms with E-state index < -0.39 is 0 Å². The first-order valence-electron chi connectivity index (χ1n) is 7.05. The Morgan fingerprint density at radius 3 is 2.53 bits per heavy atom. The van der Waals surface area contributed by atoms with Gasteiger partial charge in [-0.25, -0.2) is 4.98 Å². The standard InChI is InChI=1S/C14H25N3OS/c1-10-11(2)19-13(16-10)9-12(17-15)14(18-3)7-5-4-6-8-14/h12,17H,4-9,15H2,1-3H3. The van der Waals surface area contributed by atoms with Crippen molar-refractivity contribution in [3.8, 4) is 0 Å². The van der Waals surface area contributed by atoms with Gasteiger partial charge in [-0.1, -0.05) is 19.3 Å². The number of rotatable bonds is 5. The number of aromatic nitrogens is 1. The topological polar surface area (TPSA) is 60.2 Å². The number of aryl methyl sites for hydroxylation is 2. The van der Waals surface area contributed by atoms with Crippen LogP contribution in [0.3, 0.4) is 0 Å². The molecule has 4 nitrogen and oxygen atoms in total. The van der Waals surface area contributed by atoms with Crippen molar-refractivity contribution < 1.29 is 4.74 Å². The fraction of sp³-hybridized carbons (Fsp3) is 0.786. The minimum Gasteiger partial charge on any atom is -0.377 e. The van der Waals surface area contributed by atoms with Gasteiger partial charge in [0, 0.05) is 18.4 Å². The van der Waals surface area contributed by atoms with Crippen LogP contribution in [0.15, 0.2) is 0 Å². The number of thiazole rings is 1. The van der Waals surface area contributed by atoms with Gasteiger partial charge >= 0.3 is 0 Å². The zero-order chi connectivity index (χ0) is 13.9. The van der Waals surface area contributed by atoms with Crippen molar-refractivity contribution in [2.24, 2.45) is 5.84 Å². The first kappa shape index (κ1) is 14.9. The molecule has 1 aromatic rings. The number of hydrogen-bond donors (Lipinski definition) is 2. The summed E-state index contributed by atoms with van der Waals surface area (Å²) in [5.74, 6) is 5.80. The summed E-state index contributed by atoms with van der Waals surface area (Å²) in [5.41, 5.74) is 3.99. The molecule has 1 aromatic heterocycles. The summed E-state index contributed by atoms with van der Waals surface area (Å²) >= 11 is 1.77. The van der Waals surface area contributed by atoms with Crippen molar-refractivity contribution >= 4 is 11.3 Å². The lowest BCUT2D eigenvalue weighted by molar-refractivity contribution is -0.0673. The highest BCUT2D eigenvalue weighted by Crippen LogP contribution is 2.35. The molecule has 1 atom stereocenters. The molecule has 1 aliphatic rings. The molecule has 0 amide bonds. The molecule has 3 N–H and O–H groups in total. The van der Waals surface area contributed by atoms with Crippen LogP contribution in [0.25, 0.3) is 0 Å². The first-order chi connectivity index (χ1) is 9.11. The van der Waals surface area contributed by atoms with Gasteiger partial charge < -0.3 is 4.74 Å². The van der Waals surface area contributed by atoms with E-state index in [0.29, 0.717) is 0 Å². The van der Waals surface area contributed by atoms with Gasteiger partial charge in [-0.05, 0) is 26.7 Å². The second-order valence-corrected chi connectivity index (χ2v) is 6.79. The average molecular weight is 283 g/mol. The van der Waals surface area contributed by atoms with Crippen molar-refractivity contribution in [2.45, 2.75) is 64.0 Å². The predicted molar refractivity (Wildman–Crippen MR) is 79.2 cm³/mol. The van der Waals surface area contributed by atoms with Crippen molar-refractivity contribution in [3.05, 3.63) is 15.6 Å². The van der Waals surface area contributed by atoms with E-state index in [0.717, 1.165) is 30.0 Å². The third-order valence-corrected chi connectivity index (χ3v) is 5.49. The normalized spacial score (nSPS) is 20.4. The maximum absolute atomic E-state index is 5.88. The molecular formula is C14H25N3OS. The van der Waals surface area contributed by atoms with Crippen LogP contribution in [0.5, 0.6) is 0 Å². The third-order valence-electron chi connectivity index (χ3n) is 4.39. The molecule has 1 heterocycles. The maximum Gasteiger partial charge on any atom is 0.0948 e. The predicted octanol–water partition coefficient (Wildman–Crippen LogP) is 2.48. The Labute approximate surface area is 119 Å². The lowest BCUT2D eigenvalue weighted by atomic mass is 9.78. The van der Waals surface area contributed by atoms with Crippen LogP contribution in [0, 0.1) is 13.8 Å². The first-order valence-corrected chi connectivity index (χ1v) is 7.87. The fourth-order valence-electron chi connectivity index (χ4n) is 3.04. The van der Waals surface area contributed by atoms with Crippen LogP contribution in [-0.2, 0) is 11.2 Å². The van der Waals surface area contributed by atoms with Crippen LogP contribution in [0.2, 0.25) is 0 Å². The zero-order valence-electron chi connectivity index (χ0n) is 12.2. The molecule has 5 heteroatoms. The van der Waals surface area contributed by atoms with Crippen LogP contribution >= 0.6 is 11.3 Å². The largest absolute Gasteiger partial charge is 0.377 e. The molecule has 1 saturated carbocycles. The Morgan fingerprint density at radius 2 is 2.05 bits per heavy atom. The lowest BCUT2D eigenvalue weighted by Crippen LogP contribution is -2.56. The minimum atomic E-state index is -0.125. The molecule has 1 unspecified atom stereocenters. The number of nitrogens with one attached hydrogen (secondary N) is 1. The van der Waals surface area contributed by atoms with Crippen molar-refractivity contribution in [2.75, 3.05) is 7.11 Å². The Balaban J connectivity index is 2.13. The number of nitrogens with zero attached hydrogens (tertiary/aromatic N) is 1. The summed E-state index contributed by atoms with van der Waals surface area (Å²) in [6, 6.07) is 0.141. The Bertz CT molecular complexity index is 393. The van der Waals surface area contributed by atoms with E-state index in [2.05, 4.69) is 24.3 Å². The molecule has 1 fully saturated rings. The van der Waals surface area contributed by atoms with Gasteiger partial charge in [-0.2, -0.15) is 0 Å². The van der Waals surface area contributed by atoms with Crippen LogP contribution < -0.4 is 11.3 Å². The van der Waals surface area contributed by atoms with Gasteiger partial charge in [0.2, 0.25) is 0 Å². The monoisotopic (exact) mass is 283 g/mol. The third kappa shape index (κ3) is 3.16. The summed E-state index contributed by atoms with van der Waals surface area (Å²) in [6.07, 6.45) is 6.77. The van der Waals surface area contributed by atoms with Crippen molar-refractivity contribution in [1.82, 2.24) is 10.4 Å². The quantitative estimate of drug-likeness (QED) is 0.644. The molecule has 1 aliphatic carbocycles. The summed E-state index contributed by atoms with van der Waals surface area (Å²) in [6.45, 7) is 4.18. The van der Waals surface area contributed by atoms with E-state index >= 15 is 0 Å². The van der Waals surface area contributed by atoms with Gasteiger partial charge in [0.15, 0.2) is 0 Å². The van der Waals surface area contributed by atoms with Crippen LogP contribution in [0.1, 0.15) is 47.7 Å². The van der Waals surface area contributed by atoms with E-state index in [1.165, 1.54) is 24.1 Å². The van der Waals surface area contributed by atoms with E-state index in [9.17, 15) is 0 Å². The number of ether oxygens (including phenoxy) is 1. The molecule has 0 saturated heterocycles. The summed E-state index contributed by atoms with van der Waals surface area (Å²) in [5, 5.41) is 1.15. The smallest absolute Gasteiger partial charge is 0.0948 e. The minimum absolute atomic E-state index is 0.125. The Hall–Kier alpha value is -0.490. The highest BCUT2D eigenvalue weighted by atomic mass is 32.1. The highest BCUT2D eigenvalue weighted by molar-refractivity contribution is 7.11. The van der Waals surface area contributed by atoms with Crippen LogP contribution in [0.4, 0.5) is 0 Å². The van der Waals surface area contributed by atoms with Gasteiger partial charge in [-0.3, -0.25) is 11.3 Å². The van der Waals surface area contributed by atoms with Gasteiger partial charge in [0.1, 0.15) is 0 Å². The number of methoxy groups -OCH3 is 1. The van der Waals surface area contributed by atoms with E-state index in [1.807, 2.05) is 7.11 Å². The molecule has 19 heavy (non-hydrogen) atoms. The lowest BCUT2D eigenvalue weighted by Gasteiger charge is -2.42. The molecule has 0 spiro atoms. The van der Waals surface area contributed by atoms with E-state index in [1.54, 1.807) is 11.3 Å². The number of hydrogen-bond acceptors (Lipinski definition) is 5. The van der Waals surface area contributed by atoms with Gasteiger partial charge in [0.25, 0.3) is 0 Å². The Morgan fingerprint density at radius 1 is 1.37 bits per heavy atom. The average Bonchev–Trinajstić information content (AvgIpc) is 2.75. The van der Waals surface area contributed by atoms with E-state index in [-0.39, 0.29) is 11.6 Å². The molecule has 0 aromatic carbocycles. The maximum atomic E-state index is 5.88. The molecular weight excluding hydrogens is 258 g/mol. The van der Waals surface area contributed by atoms with Crippen molar-refractivity contribution in [3.63, 3.8) is 0 Å². The number of hydrazine groups is 1. The SMILES string of the molecule is COC1(C(Cc2nc(C)c(C)s2)NN)CCCCC1. The van der Waals surface area contributed by atoms with Gasteiger partial charge in [-0.15, -0.1) is 11.3 Å². The molecule has 2 rings (SSSR count).